The molecule has 0 bridgehead atoms. The molecule has 2 heterocycles. The highest BCUT2D eigenvalue weighted by Gasteiger charge is 2.22. The molecular formula is C25H33N5O. The third kappa shape index (κ3) is 5.85. The SMILES string of the molecule is CN=C(NCc1ccc(N2CCCC2=O)cc1)NC1CCN(Cc2ccccc2)CC1. The topological polar surface area (TPSA) is 60.0 Å². The monoisotopic (exact) mass is 419 g/mol. The van der Waals surface area contributed by atoms with Crippen molar-refractivity contribution in [1.29, 1.82) is 0 Å². The smallest absolute Gasteiger partial charge is 0.227 e. The molecule has 4 rings (SSSR count). The van der Waals surface area contributed by atoms with Crippen molar-refractivity contribution in [2.24, 2.45) is 4.99 Å². The average molecular weight is 420 g/mol. The quantitative estimate of drug-likeness (QED) is 0.558. The number of piperidine rings is 1. The van der Waals surface area contributed by atoms with Crippen LogP contribution < -0.4 is 15.5 Å². The van der Waals surface area contributed by atoms with Gasteiger partial charge in [0.15, 0.2) is 5.96 Å². The summed E-state index contributed by atoms with van der Waals surface area (Å²) in [7, 11) is 1.82. The van der Waals surface area contributed by atoms with Crippen LogP contribution in [0.15, 0.2) is 59.6 Å². The van der Waals surface area contributed by atoms with Gasteiger partial charge in [0.2, 0.25) is 5.91 Å². The maximum atomic E-state index is 11.9. The third-order valence-electron chi connectivity index (χ3n) is 6.18. The van der Waals surface area contributed by atoms with Gasteiger partial charge in [-0.1, -0.05) is 42.5 Å². The van der Waals surface area contributed by atoms with Crippen LogP contribution >= 0.6 is 0 Å². The number of nitrogens with one attached hydrogen (secondary N) is 2. The van der Waals surface area contributed by atoms with E-state index in [1.807, 2.05) is 24.1 Å². The lowest BCUT2D eigenvalue weighted by Crippen LogP contribution is -2.48. The van der Waals surface area contributed by atoms with Gasteiger partial charge in [0.1, 0.15) is 0 Å². The first-order valence-corrected chi connectivity index (χ1v) is 11.3. The highest BCUT2D eigenvalue weighted by Crippen LogP contribution is 2.21. The largest absolute Gasteiger partial charge is 0.354 e. The van der Waals surface area contributed by atoms with Crippen molar-refractivity contribution in [2.75, 3.05) is 31.6 Å². The van der Waals surface area contributed by atoms with Crippen LogP contribution in [-0.4, -0.2) is 49.5 Å². The first kappa shape index (κ1) is 21.4. The van der Waals surface area contributed by atoms with Crippen molar-refractivity contribution in [3.05, 3.63) is 65.7 Å². The van der Waals surface area contributed by atoms with Crippen LogP contribution in [-0.2, 0) is 17.9 Å². The normalized spacial score (nSPS) is 18.4. The molecule has 0 aromatic heterocycles. The standard InChI is InChI=1S/C25H33N5O/c1-26-25(27-18-20-9-11-23(12-10-20)30-15-5-8-24(30)31)28-22-13-16-29(17-14-22)19-21-6-3-2-4-7-21/h2-4,6-7,9-12,22H,5,8,13-19H2,1H3,(H2,26,27,28). The summed E-state index contributed by atoms with van der Waals surface area (Å²) in [5.41, 5.74) is 3.55. The van der Waals surface area contributed by atoms with E-state index in [9.17, 15) is 4.79 Å². The van der Waals surface area contributed by atoms with Gasteiger partial charge in [0.05, 0.1) is 0 Å². The van der Waals surface area contributed by atoms with Crippen LogP contribution in [0.3, 0.4) is 0 Å². The van der Waals surface area contributed by atoms with Crippen molar-refractivity contribution in [3.63, 3.8) is 0 Å². The maximum Gasteiger partial charge on any atom is 0.227 e. The minimum absolute atomic E-state index is 0.227. The zero-order valence-corrected chi connectivity index (χ0v) is 18.4. The molecule has 2 aliphatic rings. The fraction of sp³-hybridized carbons (Fsp3) is 0.440. The number of hydrogen-bond donors (Lipinski definition) is 2. The molecule has 0 atom stereocenters. The van der Waals surface area contributed by atoms with Crippen LogP contribution in [0.2, 0.25) is 0 Å². The minimum atomic E-state index is 0.227. The Labute approximate surface area is 185 Å². The summed E-state index contributed by atoms with van der Waals surface area (Å²) in [5, 5.41) is 7.01. The summed E-state index contributed by atoms with van der Waals surface area (Å²) >= 11 is 0. The summed E-state index contributed by atoms with van der Waals surface area (Å²) in [4.78, 5) is 20.7. The van der Waals surface area contributed by atoms with Gasteiger partial charge in [-0.3, -0.25) is 14.7 Å². The average Bonchev–Trinajstić information content (AvgIpc) is 3.24. The third-order valence-corrected chi connectivity index (χ3v) is 6.18. The predicted octanol–water partition coefficient (Wildman–Crippen LogP) is 3.14. The number of hydrogen-bond acceptors (Lipinski definition) is 3. The summed E-state index contributed by atoms with van der Waals surface area (Å²) in [6, 6.07) is 19.4. The second-order valence-electron chi connectivity index (χ2n) is 8.42. The van der Waals surface area contributed by atoms with Crippen molar-refractivity contribution < 1.29 is 4.79 Å². The molecule has 0 unspecified atom stereocenters. The Morgan fingerprint density at radius 3 is 2.39 bits per heavy atom. The molecular weight excluding hydrogens is 386 g/mol. The van der Waals surface area contributed by atoms with E-state index in [-0.39, 0.29) is 5.91 Å². The molecule has 1 amide bonds. The Hall–Kier alpha value is -2.86. The number of carbonyl (C=O) groups is 1. The Morgan fingerprint density at radius 1 is 1.00 bits per heavy atom. The molecule has 2 fully saturated rings. The Balaban J connectivity index is 1.21. The predicted molar refractivity (Wildman–Crippen MR) is 126 cm³/mol. The van der Waals surface area contributed by atoms with E-state index in [2.05, 4.69) is 63.0 Å². The van der Waals surface area contributed by atoms with Gasteiger partial charge >= 0.3 is 0 Å². The Bertz CT molecular complexity index is 873. The first-order valence-electron chi connectivity index (χ1n) is 11.3. The molecule has 2 saturated heterocycles. The van der Waals surface area contributed by atoms with Crippen LogP contribution in [0.1, 0.15) is 36.8 Å². The van der Waals surface area contributed by atoms with E-state index in [1.54, 1.807) is 0 Å². The lowest BCUT2D eigenvalue weighted by atomic mass is 10.0. The van der Waals surface area contributed by atoms with E-state index in [0.29, 0.717) is 19.0 Å². The van der Waals surface area contributed by atoms with Gasteiger partial charge in [0.25, 0.3) is 0 Å². The summed E-state index contributed by atoms with van der Waals surface area (Å²) in [6.07, 6.45) is 3.85. The number of carbonyl (C=O) groups excluding carboxylic acids is 1. The number of rotatable bonds is 6. The van der Waals surface area contributed by atoms with E-state index in [0.717, 1.165) is 57.1 Å². The molecule has 0 saturated carbocycles. The molecule has 2 aromatic rings. The van der Waals surface area contributed by atoms with E-state index in [1.165, 1.54) is 11.1 Å². The second kappa shape index (κ2) is 10.4. The second-order valence-corrected chi connectivity index (χ2v) is 8.42. The number of aliphatic imine (C=N–C) groups is 1. The molecule has 0 radical (unpaired) electrons. The molecule has 0 spiro atoms. The van der Waals surface area contributed by atoms with E-state index in [4.69, 9.17) is 0 Å². The molecule has 164 valence electrons. The fourth-order valence-electron chi connectivity index (χ4n) is 4.37. The molecule has 31 heavy (non-hydrogen) atoms. The van der Waals surface area contributed by atoms with Gasteiger partial charge in [-0.15, -0.1) is 0 Å². The maximum absolute atomic E-state index is 11.9. The summed E-state index contributed by atoms with van der Waals surface area (Å²) in [6.45, 7) is 4.76. The van der Waals surface area contributed by atoms with Crippen molar-refractivity contribution in [3.8, 4) is 0 Å². The Morgan fingerprint density at radius 2 is 1.74 bits per heavy atom. The number of guanidine groups is 1. The van der Waals surface area contributed by atoms with E-state index < -0.39 is 0 Å². The van der Waals surface area contributed by atoms with Crippen LogP contribution in [0, 0.1) is 0 Å². The van der Waals surface area contributed by atoms with Gasteiger partial charge in [0, 0.05) is 57.9 Å². The minimum Gasteiger partial charge on any atom is -0.354 e. The number of anilines is 1. The van der Waals surface area contributed by atoms with Crippen LogP contribution in [0.25, 0.3) is 0 Å². The van der Waals surface area contributed by atoms with Crippen LogP contribution in [0.4, 0.5) is 5.69 Å². The molecule has 6 heteroatoms. The van der Waals surface area contributed by atoms with Gasteiger partial charge in [-0.05, 0) is 42.5 Å². The van der Waals surface area contributed by atoms with Gasteiger partial charge < -0.3 is 15.5 Å². The van der Waals surface area contributed by atoms with Gasteiger partial charge in [-0.2, -0.15) is 0 Å². The number of benzene rings is 2. The van der Waals surface area contributed by atoms with E-state index >= 15 is 0 Å². The molecule has 6 nitrogen and oxygen atoms in total. The molecule has 2 aromatic carbocycles. The number of nitrogens with zero attached hydrogens (tertiary/aromatic N) is 3. The number of likely N-dealkylation sites (tertiary alicyclic amines) is 1. The zero-order chi connectivity index (χ0) is 21.5. The van der Waals surface area contributed by atoms with Gasteiger partial charge in [-0.25, -0.2) is 0 Å². The van der Waals surface area contributed by atoms with Crippen molar-refractivity contribution >= 4 is 17.6 Å². The van der Waals surface area contributed by atoms with Crippen LogP contribution in [0.5, 0.6) is 0 Å². The first-order chi connectivity index (χ1) is 15.2. The molecule has 0 aliphatic carbocycles. The van der Waals surface area contributed by atoms with Crippen molar-refractivity contribution in [1.82, 2.24) is 15.5 Å². The zero-order valence-electron chi connectivity index (χ0n) is 18.4. The molecule has 2 N–H and O–H groups in total. The number of amides is 1. The Kier molecular flexibility index (Phi) is 7.20. The lowest BCUT2D eigenvalue weighted by Gasteiger charge is -2.33. The highest BCUT2D eigenvalue weighted by molar-refractivity contribution is 5.95. The lowest BCUT2D eigenvalue weighted by molar-refractivity contribution is -0.117. The summed E-state index contributed by atoms with van der Waals surface area (Å²) < 4.78 is 0. The fourth-order valence-corrected chi connectivity index (χ4v) is 4.37. The molecule has 2 aliphatic heterocycles. The highest BCUT2D eigenvalue weighted by atomic mass is 16.2. The summed E-state index contributed by atoms with van der Waals surface area (Å²) in [5.74, 6) is 1.07. The van der Waals surface area contributed by atoms with Crippen molar-refractivity contribution in [2.45, 2.75) is 44.8 Å².